The molecule has 0 spiro atoms. The van der Waals surface area contributed by atoms with Crippen molar-refractivity contribution in [2.45, 2.75) is 32.0 Å². The van der Waals surface area contributed by atoms with E-state index >= 15 is 0 Å². The van der Waals surface area contributed by atoms with Crippen LogP contribution in [-0.4, -0.2) is 16.1 Å². The molecule has 0 aliphatic rings. The zero-order valence-electron chi connectivity index (χ0n) is 11.5. The van der Waals surface area contributed by atoms with Gasteiger partial charge in [-0.15, -0.1) is 5.10 Å². The normalized spacial score (nSPS) is 13.3. The molecular weight excluding hydrogens is 299 g/mol. The highest BCUT2D eigenvalue weighted by Gasteiger charge is 2.30. The van der Waals surface area contributed by atoms with Crippen LogP contribution in [0.1, 0.15) is 36.2 Å². The average molecular weight is 315 g/mol. The molecule has 2 aromatic rings. The third-order valence-electron chi connectivity index (χ3n) is 3.10. The number of hydrogen-bond donors (Lipinski definition) is 1. The first-order chi connectivity index (χ1) is 10.0. The SMILES string of the molecule is CCCNC(Cc1ccc(C(F)(F)F)cc1)c1csnn1. The lowest BCUT2D eigenvalue weighted by Gasteiger charge is -2.16. The van der Waals surface area contributed by atoms with Gasteiger partial charge in [-0.1, -0.05) is 23.5 Å². The number of halogens is 3. The third-order valence-corrected chi connectivity index (χ3v) is 3.62. The molecule has 1 N–H and O–H groups in total. The monoisotopic (exact) mass is 315 g/mol. The van der Waals surface area contributed by atoms with E-state index in [0.717, 1.165) is 36.4 Å². The Bertz CT molecular complexity index is 538. The average Bonchev–Trinajstić information content (AvgIpc) is 2.97. The fourth-order valence-electron chi connectivity index (χ4n) is 1.99. The molecule has 1 unspecified atom stereocenters. The second-order valence-electron chi connectivity index (χ2n) is 4.74. The highest BCUT2D eigenvalue weighted by atomic mass is 32.1. The summed E-state index contributed by atoms with van der Waals surface area (Å²) in [6, 6.07) is 5.24. The van der Waals surface area contributed by atoms with Crippen molar-refractivity contribution in [1.29, 1.82) is 0 Å². The first-order valence-electron chi connectivity index (χ1n) is 6.67. The van der Waals surface area contributed by atoms with Crippen molar-refractivity contribution in [3.63, 3.8) is 0 Å². The summed E-state index contributed by atoms with van der Waals surface area (Å²) in [6.45, 7) is 2.88. The largest absolute Gasteiger partial charge is 0.416 e. The Morgan fingerprint density at radius 3 is 2.48 bits per heavy atom. The van der Waals surface area contributed by atoms with Gasteiger partial charge in [-0.05, 0) is 48.6 Å². The first-order valence-corrected chi connectivity index (χ1v) is 7.51. The van der Waals surface area contributed by atoms with Crippen LogP contribution >= 0.6 is 11.5 Å². The molecule has 2 rings (SSSR count). The van der Waals surface area contributed by atoms with Gasteiger partial charge >= 0.3 is 6.18 Å². The van der Waals surface area contributed by atoms with Crippen molar-refractivity contribution in [1.82, 2.24) is 14.9 Å². The molecule has 114 valence electrons. The standard InChI is InChI=1S/C14H16F3N3S/c1-2-7-18-12(13-9-21-20-19-13)8-10-3-5-11(6-4-10)14(15,16)17/h3-6,9,12,18H,2,7-8H2,1H3. The molecule has 1 aromatic carbocycles. The molecule has 0 fully saturated rings. The molecular formula is C14H16F3N3S. The number of nitrogens with one attached hydrogen (secondary N) is 1. The Hall–Kier alpha value is -1.47. The van der Waals surface area contributed by atoms with Crippen LogP contribution in [0.2, 0.25) is 0 Å². The molecule has 0 saturated heterocycles. The molecule has 0 radical (unpaired) electrons. The van der Waals surface area contributed by atoms with Gasteiger partial charge in [0.05, 0.1) is 17.3 Å². The summed E-state index contributed by atoms with van der Waals surface area (Å²) in [4.78, 5) is 0. The van der Waals surface area contributed by atoms with Gasteiger partial charge in [0.25, 0.3) is 0 Å². The van der Waals surface area contributed by atoms with E-state index in [1.807, 2.05) is 5.38 Å². The smallest absolute Gasteiger partial charge is 0.308 e. The molecule has 1 atom stereocenters. The summed E-state index contributed by atoms with van der Waals surface area (Å²) in [6.07, 6.45) is -2.73. The van der Waals surface area contributed by atoms with Crippen LogP contribution in [-0.2, 0) is 12.6 Å². The molecule has 0 amide bonds. The van der Waals surface area contributed by atoms with Crippen molar-refractivity contribution in [2.24, 2.45) is 0 Å². The van der Waals surface area contributed by atoms with Gasteiger partial charge in [0.1, 0.15) is 0 Å². The van der Waals surface area contributed by atoms with Crippen LogP contribution in [0.25, 0.3) is 0 Å². The van der Waals surface area contributed by atoms with Gasteiger partial charge in [0.15, 0.2) is 0 Å². The van der Waals surface area contributed by atoms with Gasteiger partial charge in [-0.3, -0.25) is 0 Å². The Kier molecular flexibility index (Phi) is 5.30. The summed E-state index contributed by atoms with van der Waals surface area (Å²) in [7, 11) is 0. The second kappa shape index (κ2) is 7.00. The number of aromatic nitrogens is 2. The summed E-state index contributed by atoms with van der Waals surface area (Å²) in [5, 5.41) is 9.25. The van der Waals surface area contributed by atoms with E-state index in [1.54, 1.807) is 0 Å². The van der Waals surface area contributed by atoms with Gasteiger partial charge < -0.3 is 5.32 Å². The van der Waals surface area contributed by atoms with Crippen molar-refractivity contribution >= 4 is 11.5 Å². The summed E-state index contributed by atoms with van der Waals surface area (Å²) < 4.78 is 41.5. The lowest BCUT2D eigenvalue weighted by molar-refractivity contribution is -0.137. The predicted molar refractivity (Wildman–Crippen MR) is 76.1 cm³/mol. The minimum Gasteiger partial charge on any atom is -0.308 e. The molecule has 0 aliphatic heterocycles. The van der Waals surface area contributed by atoms with E-state index in [-0.39, 0.29) is 6.04 Å². The number of rotatable bonds is 6. The van der Waals surface area contributed by atoms with E-state index in [0.29, 0.717) is 6.42 Å². The highest BCUT2D eigenvalue weighted by Crippen LogP contribution is 2.29. The maximum absolute atomic E-state index is 12.5. The summed E-state index contributed by atoms with van der Waals surface area (Å²) in [5.74, 6) is 0. The zero-order valence-corrected chi connectivity index (χ0v) is 12.3. The maximum Gasteiger partial charge on any atom is 0.416 e. The lowest BCUT2D eigenvalue weighted by atomic mass is 10.0. The van der Waals surface area contributed by atoms with Crippen molar-refractivity contribution in [2.75, 3.05) is 6.54 Å². The Balaban J connectivity index is 2.09. The van der Waals surface area contributed by atoms with Crippen LogP contribution in [0.3, 0.4) is 0 Å². The third kappa shape index (κ3) is 4.50. The van der Waals surface area contributed by atoms with E-state index in [4.69, 9.17) is 0 Å². The summed E-state index contributed by atoms with van der Waals surface area (Å²) >= 11 is 1.27. The number of hydrogen-bond acceptors (Lipinski definition) is 4. The maximum atomic E-state index is 12.5. The van der Waals surface area contributed by atoms with Crippen molar-refractivity contribution in [3.05, 3.63) is 46.5 Å². The van der Waals surface area contributed by atoms with Crippen molar-refractivity contribution < 1.29 is 13.2 Å². The molecule has 7 heteroatoms. The molecule has 21 heavy (non-hydrogen) atoms. The van der Waals surface area contributed by atoms with E-state index in [1.165, 1.54) is 23.7 Å². The van der Waals surface area contributed by atoms with Gasteiger partial charge in [0, 0.05) is 5.38 Å². The minimum absolute atomic E-state index is 0.0274. The first kappa shape index (κ1) is 15.9. The predicted octanol–water partition coefficient (Wildman–Crippen LogP) is 3.84. The lowest BCUT2D eigenvalue weighted by Crippen LogP contribution is -2.24. The Morgan fingerprint density at radius 2 is 1.95 bits per heavy atom. The molecule has 0 aliphatic carbocycles. The Morgan fingerprint density at radius 1 is 1.24 bits per heavy atom. The fourth-order valence-corrected chi connectivity index (χ4v) is 2.50. The molecule has 3 nitrogen and oxygen atoms in total. The zero-order chi connectivity index (χ0) is 15.3. The second-order valence-corrected chi connectivity index (χ2v) is 5.35. The molecule has 0 bridgehead atoms. The van der Waals surface area contributed by atoms with Crippen LogP contribution in [0, 0.1) is 0 Å². The van der Waals surface area contributed by atoms with Crippen LogP contribution in [0.15, 0.2) is 29.6 Å². The number of benzene rings is 1. The van der Waals surface area contributed by atoms with Gasteiger partial charge in [-0.2, -0.15) is 13.2 Å². The summed E-state index contributed by atoms with van der Waals surface area (Å²) in [5.41, 5.74) is 1.04. The van der Waals surface area contributed by atoms with E-state index in [9.17, 15) is 13.2 Å². The molecule has 0 saturated carbocycles. The number of alkyl halides is 3. The van der Waals surface area contributed by atoms with Crippen LogP contribution < -0.4 is 5.32 Å². The fraction of sp³-hybridized carbons (Fsp3) is 0.429. The molecule has 1 aromatic heterocycles. The Labute approximate surface area is 125 Å². The van der Waals surface area contributed by atoms with Gasteiger partial charge in [0.2, 0.25) is 0 Å². The van der Waals surface area contributed by atoms with E-state index in [2.05, 4.69) is 21.8 Å². The minimum atomic E-state index is -4.29. The van der Waals surface area contributed by atoms with Crippen molar-refractivity contribution in [3.8, 4) is 0 Å². The highest BCUT2D eigenvalue weighted by molar-refractivity contribution is 7.03. The van der Waals surface area contributed by atoms with Gasteiger partial charge in [-0.25, -0.2) is 0 Å². The van der Waals surface area contributed by atoms with Crippen LogP contribution in [0.4, 0.5) is 13.2 Å². The topological polar surface area (TPSA) is 37.8 Å². The molecule has 1 heterocycles. The van der Waals surface area contributed by atoms with Crippen LogP contribution in [0.5, 0.6) is 0 Å². The van der Waals surface area contributed by atoms with E-state index < -0.39 is 11.7 Å². The quantitative estimate of drug-likeness (QED) is 0.880. The number of nitrogens with zero attached hydrogens (tertiary/aromatic N) is 2.